The average molecular weight is 290 g/mol. The zero-order chi connectivity index (χ0) is 15.4. The second kappa shape index (κ2) is 7.05. The molecule has 1 aliphatic heterocycles. The number of ether oxygens (including phenoxy) is 1. The van der Waals surface area contributed by atoms with E-state index in [1.165, 1.54) is 11.1 Å². The van der Waals surface area contributed by atoms with Crippen molar-refractivity contribution in [2.24, 2.45) is 5.92 Å². The number of carbonyl (C=O) groups is 1. The molecule has 2 unspecified atom stereocenters. The van der Waals surface area contributed by atoms with Crippen molar-refractivity contribution in [1.29, 1.82) is 0 Å². The molecule has 0 aliphatic carbocycles. The highest BCUT2D eigenvalue weighted by Crippen LogP contribution is 2.22. The predicted octanol–water partition coefficient (Wildman–Crippen LogP) is 2.28. The Morgan fingerprint density at radius 2 is 1.95 bits per heavy atom. The van der Waals surface area contributed by atoms with Crippen LogP contribution in [0.2, 0.25) is 0 Å². The highest BCUT2D eigenvalue weighted by molar-refractivity contribution is 5.95. The van der Waals surface area contributed by atoms with Gasteiger partial charge in [0.2, 0.25) is 5.91 Å². The van der Waals surface area contributed by atoms with E-state index in [0.717, 1.165) is 18.7 Å². The highest BCUT2D eigenvalue weighted by Gasteiger charge is 2.35. The fraction of sp³-hybridized carbons (Fsp3) is 0.588. The number of hydrogen-bond acceptors (Lipinski definition) is 3. The van der Waals surface area contributed by atoms with Crippen molar-refractivity contribution in [3.8, 4) is 0 Å². The van der Waals surface area contributed by atoms with Gasteiger partial charge in [-0.3, -0.25) is 4.79 Å². The van der Waals surface area contributed by atoms with Crippen LogP contribution in [0.3, 0.4) is 0 Å². The van der Waals surface area contributed by atoms with Crippen molar-refractivity contribution in [3.63, 3.8) is 0 Å². The third-order valence-corrected chi connectivity index (χ3v) is 3.98. The summed E-state index contributed by atoms with van der Waals surface area (Å²) >= 11 is 0. The van der Waals surface area contributed by atoms with E-state index in [4.69, 9.17) is 4.74 Å². The molecular formula is C17H26N2O2. The first kappa shape index (κ1) is 16.0. The molecular weight excluding hydrogens is 264 g/mol. The number of aryl methyl sites for hydroxylation is 2. The monoisotopic (exact) mass is 290 g/mol. The second-order valence-corrected chi connectivity index (χ2v) is 5.95. The maximum Gasteiger partial charge on any atom is 0.233 e. The van der Waals surface area contributed by atoms with Gasteiger partial charge in [-0.25, -0.2) is 0 Å². The van der Waals surface area contributed by atoms with Gasteiger partial charge < -0.3 is 15.0 Å². The molecule has 2 rings (SSSR count). The van der Waals surface area contributed by atoms with Crippen LogP contribution >= 0.6 is 0 Å². The molecule has 2 atom stereocenters. The zero-order valence-corrected chi connectivity index (χ0v) is 13.5. The Morgan fingerprint density at radius 3 is 2.57 bits per heavy atom. The van der Waals surface area contributed by atoms with Gasteiger partial charge in [-0.1, -0.05) is 13.0 Å². The molecule has 1 aromatic rings. The number of anilines is 1. The summed E-state index contributed by atoms with van der Waals surface area (Å²) in [5.74, 6) is 0.0356. The van der Waals surface area contributed by atoms with Crippen molar-refractivity contribution in [2.45, 2.75) is 33.2 Å². The third kappa shape index (κ3) is 3.83. The minimum Gasteiger partial charge on any atom is -0.379 e. The molecule has 1 aliphatic rings. The largest absolute Gasteiger partial charge is 0.379 e. The van der Waals surface area contributed by atoms with E-state index in [-0.39, 0.29) is 17.9 Å². The number of amides is 1. The smallest absolute Gasteiger partial charge is 0.233 e. The van der Waals surface area contributed by atoms with Gasteiger partial charge in [0.05, 0.1) is 19.1 Å². The normalized spacial score (nSPS) is 21.5. The van der Waals surface area contributed by atoms with Crippen molar-refractivity contribution in [1.82, 2.24) is 5.32 Å². The highest BCUT2D eigenvalue weighted by atomic mass is 16.5. The first-order valence-corrected chi connectivity index (χ1v) is 7.70. The molecule has 1 saturated heterocycles. The van der Waals surface area contributed by atoms with Crippen molar-refractivity contribution in [3.05, 3.63) is 29.3 Å². The summed E-state index contributed by atoms with van der Waals surface area (Å²) in [5.41, 5.74) is 3.31. The Labute approximate surface area is 127 Å². The summed E-state index contributed by atoms with van der Waals surface area (Å²) < 4.78 is 5.51. The Morgan fingerprint density at radius 1 is 1.29 bits per heavy atom. The van der Waals surface area contributed by atoms with Crippen LogP contribution in [0.4, 0.5) is 5.69 Å². The van der Waals surface area contributed by atoms with Crippen molar-refractivity contribution < 1.29 is 9.53 Å². The minimum atomic E-state index is -0.0950. The molecule has 1 N–H and O–H groups in total. The molecule has 0 aromatic heterocycles. The Kier molecular flexibility index (Phi) is 5.37. The van der Waals surface area contributed by atoms with E-state index in [2.05, 4.69) is 44.3 Å². The summed E-state index contributed by atoms with van der Waals surface area (Å²) in [6.07, 6.45) is 1.06. The summed E-state index contributed by atoms with van der Waals surface area (Å²) in [6.45, 7) is 8.29. The lowest BCUT2D eigenvalue weighted by molar-refractivity contribution is -0.122. The van der Waals surface area contributed by atoms with Crippen LogP contribution in [-0.2, 0) is 9.53 Å². The molecule has 0 radical (unpaired) electrons. The molecule has 1 fully saturated rings. The van der Waals surface area contributed by atoms with E-state index in [9.17, 15) is 4.79 Å². The van der Waals surface area contributed by atoms with Crippen LogP contribution in [0, 0.1) is 19.8 Å². The predicted molar refractivity (Wildman–Crippen MR) is 85.7 cm³/mol. The summed E-state index contributed by atoms with van der Waals surface area (Å²) in [5, 5.41) is 3.42. The van der Waals surface area contributed by atoms with Crippen LogP contribution < -0.4 is 10.2 Å². The fourth-order valence-electron chi connectivity index (χ4n) is 2.85. The fourth-order valence-corrected chi connectivity index (χ4v) is 2.85. The molecule has 0 saturated carbocycles. The number of benzene rings is 1. The molecule has 4 nitrogen and oxygen atoms in total. The Hall–Kier alpha value is -1.39. The first-order valence-electron chi connectivity index (χ1n) is 7.70. The molecule has 0 spiro atoms. The second-order valence-electron chi connectivity index (χ2n) is 5.95. The quantitative estimate of drug-likeness (QED) is 0.904. The van der Waals surface area contributed by atoms with E-state index >= 15 is 0 Å². The van der Waals surface area contributed by atoms with Gasteiger partial charge in [0.15, 0.2) is 0 Å². The Balaban J connectivity index is 2.10. The molecule has 116 valence electrons. The number of rotatable bonds is 5. The van der Waals surface area contributed by atoms with Crippen LogP contribution in [-0.4, -0.2) is 38.8 Å². The first-order chi connectivity index (χ1) is 10.0. The van der Waals surface area contributed by atoms with Crippen molar-refractivity contribution >= 4 is 11.6 Å². The standard InChI is InChI=1S/C17H26N2O2/c1-5-6-18-16-11-21-10-15(16)17(20)19(4)14-8-12(2)7-13(3)9-14/h7-9,15-16,18H,5-6,10-11H2,1-4H3. The summed E-state index contributed by atoms with van der Waals surface area (Å²) in [4.78, 5) is 14.5. The van der Waals surface area contributed by atoms with Gasteiger partial charge in [-0.2, -0.15) is 0 Å². The van der Waals surface area contributed by atoms with E-state index in [1.807, 2.05) is 7.05 Å². The van der Waals surface area contributed by atoms with Crippen LogP contribution in [0.1, 0.15) is 24.5 Å². The van der Waals surface area contributed by atoms with Crippen molar-refractivity contribution in [2.75, 3.05) is 31.7 Å². The maximum atomic E-state index is 12.7. The van der Waals surface area contributed by atoms with Gasteiger partial charge in [0.25, 0.3) is 0 Å². The lowest BCUT2D eigenvalue weighted by atomic mass is 10.0. The van der Waals surface area contributed by atoms with Gasteiger partial charge in [0.1, 0.15) is 0 Å². The lowest BCUT2D eigenvalue weighted by Crippen LogP contribution is -2.45. The van der Waals surface area contributed by atoms with Crippen LogP contribution in [0.15, 0.2) is 18.2 Å². The minimum absolute atomic E-state index is 0.0950. The Bertz CT molecular complexity index is 481. The van der Waals surface area contributed by atoms with E-state index in [0.29, 0.717) is 13.2 Å². The van der Waals surface area contributed by atoms with Gasteiger partial charge in [-0.05, 0) is 50.1 Å². The molecule has 1 heterocycles. The van der Waals surface area contributed by atoms with Gasteiger partial charge >= 0.3 is 0 Å². The lowest BCUT2D eigenvalue weighted by Gasteiger charge is -2.25. The molecule has 4 heteroatoms. The van der Waals surface area contributed by atoms with Gasteiger partial charge in [0, 0.05) is 18.8 Å². The average Bonchev–Trinajstić information content (AvgIpc) is 2.90. The molecule has 1 amide bonds. The molecule has 21 heavy (non-hydrogen) atoms. The van der Waals surface area contributed by atoms with Crippen LogP contribution in [0.5, 0.6) is 0 Å². The summed E-state index contributed by atoms with van der Waals surface area (Å²) in [7, 11) is 1.85. The number of nitrogens with one attached hydrogen (secondary N) is 1. The SMILES string of the molecule is CCCNC1COCC1C(=O)N(C)c1cc(C)cc(C)c1. The van der Waals surface area contributed by atoms with E-state index < -0.39 is 0 Å². The summed E-state index contributed by atoms with van der Waals surface area (Å²) in [6, 6.07) is 6.35. The topological polar surface area (TPSA) is 41.6 Å². The number of nitrogens with zero attached hydrogens (tertiary/aromatic N) is 1. The zero-order valence-electron chi connectivity index (χ0n) is 13.5. The molecule has 1 aromatic carbocycles. The van der Waals surface area contributed by atoms with E-state index in [1.54, 1.807) is 4.90 Å². The number of hydrogen-bond donors (Lipinski definition) is 1. The third-order valence-electron chi connectivity index (χ3n) is 3.98. The maximum absolute atomic E-state index is 12.7. The van der Waals surface area contributed by atoms with Gasteiger partial charge in [-0.15, -0.1) is 0 Å². The molecule has 0 bridgehead atoms. The van der Waals surface area contributed by atoms with Crippen LogP contribution in [0.25, 0.3) is 0 Å². The number of carbonyl (C=O) groups excluding carboxylic acids is 1.